The lowest BCUT2D eigenvalue weighted by atomic mass is 9.68. The minimum absolute atomic E-state index is 0.487. The molecule has 2 saturated carbocycles. The Morgan fingerprint density at radius 2 is 2.00 bits per heavy atom. The molecule has 0 spiro atoms. The molecule has 0 amide bonds. The largest absolute Gasteiger partial charge is 0.378 e. The van der Waals surface area contributed by atoms with E-state index in [1.165, 1.54) is 44.9 Å². The van der Waals surface area contributed by atoms with E-state index in [1.807, 2.05) is 0 Å². The van der Waals surface area contributed by atoms with Gasteiger partial charge in [0.05, 0.1) is 6.10 Å². The molecule has 0 aromatic rings. The van der Waals surface area contributed by atoms with Crippen LogP contribution in [0.25, 0.3) is 0 Å². The highest BCUT2D eigenvalue weighted by atomic mass is 16.5. The van der Waals surface area contributed by atoms with Gasteiger partial charge in [-0.3, -0.25) is 0 Å². The number of fused-ring (bicyclic) bond motifs is 2. The van der Waals surface area contributed by atoms with Gasteiger partial charge in [0, 0.05) is 12.6 Å². The van der Waals surface area contributed by atoms with Crippen LogP contribution in [0.2, 0.25) is 0 Å². The summed E-state index contributed by atoms with van der Waals surface area (Å²) in [6.45, 7) is 9.60. The Balaban J connectivity index is 1.52. The van der Waals surface area contributed by atoms with Gasteiger partial charge in [-0.1, -0.05) is 20.8 Å². The van der Waals surface area contributed by atoms with Crippen LogP contribution in [0.15, 0.2) is 0 Å². The molecule has 1 saturated heterocycles. The van der Waals surface area contributed by atoms with Crippen molar-refractivity contribution in [3.05, 3.63) is 0 Å². The lowest BCUT2D eigenvalue weighted by Crippen LogP contribution is -2.50. The zero-order valence-corrected chi connectivity index (χ0v) is 13.0. The van der Waals surface area contributed by atoms with E-state index in [4.69, 9.17) is 4.74 Å². The third-order valence-electron chi connectivity index (χ3n) is 6.36. The maximum atomic E-state index is 5.84. The lowest BCUT2D eigenvalue weighted by Gasteiger charge is -2.43. The summed E-state index contributed by atoms with van der Waals surface area (Å²) in [6, 6.07) is 0.711. The zero-order valence-electron chi connectivity index (χ0n) is 13.0. The van der Waals surface area contributed by atoms with Crippen LogP contribution in [-0.4, -0.2) is 25.3 Å². The number of rotatable bonds is 4. The fraction of sp³-hybridized carbons (Fsp3) is 1.00. The average Bonchev–Trinajstić information content (AvgIpc) is 2.86. The maximum absolute atomic E-state index is 5.84. The molecule has 3 fully saturated rings. The van der Waals surface area contributed by atoms with Crippen LogP contribution in [0.5, 0.6) is 0 Å². The average molecular weight is 265 g/mol. The molecule has 4 unspecified atom stereocenters. The highest BCUT2D eigenvalue weighted by molar-refractivity contribution is 5.11. The Hall–Kier alpha value is -0.0800. The number of hydrogen-bond donors (Lipinski definition) is 1. The summed E-state index contributed by atoms with van der Waals surface area (Å²) in [7, 11) is 0. The molecule has 3 aliphatic rings. The Morgan fingerprint density at radius 1 is 1.16 bits per heavy atom. The van der Waals surface area contributed by atoms with Crippen molar-refractivity contribution in [2.45, 2.75) is 77.9 Å². The van der Waals surface area contributed by atoms with E-state index in [-0.39, 0.29) is 0 Å². The van der Waals surface area contributed by atoms with Crippen LogP contribution in [0, 0.1) is 16.7 Å². The molecule has 0 aromatic carbocycles. The Morgan fingerprint density at radius 3 is 2.63 bits per heavy atom. The highest BCUT2D eigenvalue weighted by Gasteiger charge is 2.58. The molecule has 1 heterocycles. The number of nitrogens with one attached hydrogen (secondary N) is 1. The fourth-order valence-electron chi connectivity index (χ4n) is 5.24. The number of hydrogen-bond acceptors (Lipinski definition) is 2. The smallest absolute Gasteiger partial charge is 0.0587 e. The minimum Gasteiger partial charge on any atom is -0.378 e. The molecule has 2 aliphatic carbocycles. The molecule has 1 N–H and O–H groups in total. The summed E-state index contributed by atoms with van der Waals surface area (Å²) < 4.78 is 5.84. The van der Waals surface area contributed by atoms with Gasteiger partial charge in [0.2, 0.25) is 0 Å². The van der Waals surface area contributed by atoms with Crippen LogP contribution in [0.4, 0.5) is 0 Å². The highest BCUT2D eigenvalue weighted by Crippen LogP contribution is 2.62. The third kappa shape index (κ3) is 2.47. The van der Waals surface area contributed by atoms with E-state index in [9.17, 15) is 0 Å². The summed E-state index contributed by atoms with van der Waals surface area (Å²) in [5.41, 5.74) is 1.04. The predicted octanol–water partition coefficient (Wildman–Crippen LogP) is 3.75. The van der Waals surface area contributed by atoms with Crippen molar-refractivity contribution in [1.82, 2.24) is 5.32 Å². The van der Waals surface area contributed by atoms with Crippen molar-refractivity contribution in [2.75, 3.05) is 13.2 Å². The monoisotopic (exact) mass is 265 g/mol. The Kier molecular flexibility index (Phi) is 3.68. The first-order valence-corrected chi connectivity index (χ1v) is 8.37. The molecule has 110 valence electrons. The van der Waals surface area contributed by atoms with E-state index in [0.717, 1.165) is 19.1 Å². The van der Waals surface area contributed by atoms with Gasteiger partial charge >= 0.3 is 0 Å². The summed E-state index contributed by atoms with van der Waals surface area (Å²) in [4.78, 5) is 0. The third-order valence-corrected chi connectivity index (χ3v) is 6.36. The van der Waals surface area contributed by atoms with Crippen LogP contribution in [-0.2, 0) is 4.74 Å². The van der Waals surface area contributed by atoms with Crippen molar-refractivity contribution in [3.63, 3.8) is 0 Å². The zero-order chi connectivity index (χ0) is 13.5. The first-order chi connectivity index (χ1) is 9.02. The summed E-state index contributed by atoms with van der Waals surface area (Å²) in [5, 5.41) is 3.91. The van der Waals surface area contributed by atoms with E-state index < -0.39 is 0 Å². The van der Waals surface area contributed by atoms with Gasteiger partial charge in [-0.2, -0.15) is 0 Å². The summed E-state index contributed by atoms with van der Waals surface area (Å²) in [5.74, 6) is 0.945. The van der Waals surface area contributed by atoms with Crippen molar-refractivity contribution < 1.29 is 4.74 Å². The normalized spacial score (nSPS) is 44.7. The van der Waals surface area contributed by atoms with Crippen LogP contribution in [0.1, 0.15) is 65.7 Å². The second kappa shape index (κ2) is 5.04. The van der Waals surface area contributed by atoms with E-state index in [1.54, 1.807) is 0 Å². The first kappa shape index (κ1) is 13.9. The summed E-state index contributed by atoms with van der Waals surface area (Å²) in [6.07, 6.45) is 9.95. The van der Waals surface area contributed by atoms with Gasteiger partial charge in [-0.25, -0.2) is 0 Å². The van der Waals surface area contributed by atoms with Gasteiger partial charge < -0.3 is 10.1 Å². The first-order valence-electron chi connectivity index (χ1n) is 8.37. The van der Waals surface area contributed by atoms with Gasteiger partial charge in [-0.05, 0) is 68.2 Å². The standard InChI is InChI=1S/C17H31NO/c1-16(2)13-7-9-17(3,12-13)15(16)18-10-8-14-6-4-5-11-19-14/h13-15,18H,4-12H2,1-3H3. The molecule has 0 radical (unpaired) electrons. The topological polar surface area (TPSA) is 21.3 Å². The molecule has 2 bridgehead atoms. The van der Waals surface area contributed by atoms with E-state index in [2.05, 4.69) is 26.1 Å². The number of ether oxygens (including phenoxy) is 1. The molecule has 2 heteroatoms. The lowest BCUT2D eigenvalue weighted by molar-refractivity contribution is 0.00866. The van der Waals surface area contributed by atoms with Crippen LogP contribution in [0.3, 0.4) is 0 Å². The Bertz CT molecular complexity index is 316. The van der Waals surface area contributed by atoms with Gasteiger partial charge in [0.1, 0.15) is 0 Å². The molecule has 2 nitrogen and oxygen atoms in total. The summed E-state index contributed by atoms with van der Waals surface area (Å²) >= 11 is 0. The van der Waals surface area contributed by atoms with Gasteiger partial charge in [0.25, 0.3) is 0 Å². The van der Waals surface area contributed by atoms with Crippen molar-refractivity contribution in [2.24, 2.45) is 16.7 Å². The maximum Gasteiger partial charge on any atom is 0.0587 e. The quantitative estimate of drug-likeness (QED) is 0.836. The van der Waals surface area contributed by atoms with Crippen molar-refractivity contribution >= 4 is 0 Å². The van der Waals surface area contributed by atoms with Crippen molar-refractivity contribution in [3.8, 4) is 0 Å². The van der Waals surface area contributed by atoms with E-state index >= 15 is 0 Å². The molecule has 3 rings (SSSR count). The molecular formula is C17H31NO. The molecule has 4 atom stereocenters. The molecule has 0 aromatic heterocycles. The van der Waals surface area contributed by atoms with Crippen LogP contribution >= 0.6 is 0 Å². The second-order valence-corrected chi connectivity index (χ2v) is 8.08. The molecule has 19 heavy (non-hydrogen) atoms. The fourth-order valence-corrected chi connectivity index (χ4v) is 5.24. The molecule has 1 aliphatic heterocycles. The predicted molar refractivity (Wildman–Crippen MR) is 79.2 cm³/mol. The van der Waals surface area contributed by atoms with Crippen molar-refractivity contribution in [1.29, 1.82) is 0 Å². The van der Waals surface area contributed by atoms with E-state index in [0.29, 0.717) is 23.0 Å². The van der Waals surface area contributed by atoms with Gasteiger partial charge in [0.15, 0.2) is 0 Å². The molecular weight excluding hydrogens is 234 g/mol. The minimum atomic E-state index is 0.487. The van der Waals surface area contributed by atoms with Gasteiger partial charge in [-0.15, -0.1) is 0 Å². The second-order valence-electron chi connectivity index (χ2n) is 8.08. The van der Waals surface area contributed by atoms with Crippen LogP contribution < -0.4 is 5.32 Å². The Labute approximate surface area is 118 Å². The SMILES string of the molecule is CC12CCC(C1)C(C)(C)C2NCCC1CCCCO1.